The van der Waals surface area contributed by atoms with Crippen LogP contribution in [0, 0.1) is 0 Å². The van der Waals surface area contributed by atoms with Gasteiger partial charge in [-0.25, -0.2) is 0 Å². The largest absolute Gasteiger partial charge is 0.496 e. The van der Waals surface area contributed by atoms with Gasteiger partial charge < -0.3 is 15.4 Å². The van der Waals surface area contributed by atoms with E-state index < -0.39 is 0 Å². The van der Waals surface area contributed by atoms with Crippen molar-refractivity contribution in [2.24, 2.45) is 0 Å². The average Bonchev–Trinajstić information content (AvgIpc) is 2.70. The number of anilines is 2. The fourth-order valence-corrected chi connectivity index (χ4v) is 2.78. The molecule has 0 atom stereocenters. The summed E-state index contributed by atoms with van der Waals surface area (Å²) < 4.78 is 5.33. The molecule has 3 aromatic rings. The van der Waals surface area contributed by atoms with Crippen LogP contribution in [0.3, 0.4) is 0 Å². The summed E-state index contributed by atoms with van der Waals surface area (Å²) >= 11 is 5.89. The summed E-state index contributed by atoms with van der Waals surface area (Å²) in [5.74, 6) is 0.653. The lowest BCUT2D eigenvalue weighted by Crippen LogP contribution is -2.26. The van der Waals surface area contributed by atoms with Crippen molar-refractivity contribution in [1.82, 2.24) is 10.3 Å². The lowest BCUT2D eigenvalue weighted by atomic mass is 10.1. The molecule has 2 N–H and O–H groups in total. The summed E-state index contributed by atoms with van der Waals surface area (Å²) in [6, 6.07) is 16.9. The standard InChI is InChI=1S/C21H20ClN3O2/c1-27-20-5-3-2-4-15(20)10-11-24-21(26)16-12-19(14-23-13-16)25-18-8-6-17(22)7-9-18/h2-9,12-14,25H,10-11H2,1H3,(H,24,26). The minimum Gasteiger partial charge on any atom is -0.496 e. The van der Waals surface area contributed by atoms with Gasteiger partial charge >= 0.3 is 0 Å². The van der Waals surface area contributed by atoms with Gasteiger partial charge in [0.05, 0.1) is 24.6 Å². The number of para-hydroxylation sites is 1. The normalized spacial score (nSPS) is 10.3. The number of halogens is 1. The number of amides is 1. The highest BCUT2D eigenvalue weighted by Crippen LogP contribution is 2.19. The highest BCUT2D eigenvalue weighted by Gasteiger charge is 2.08. The van der Waals surface area contributed by atoms with Crippen molar-refractivity contribution >= 4 is 28.9 Å². The third-order valence-electron chi connectivity index (χ3n) is 4.01. The Bertz CT molecular complexity index is 913. The van der Waals surface area contributed by atoms with Gasteiger partial charge in [-0.2, -0.15) is 0 Å². The number of aromatic nitrogens is 1. The summed E-state index contributed by atoms with van der Waals surface area (Å²) in [6.45, 7) is 0.508. The van der Waals surface area contributed by atoms with Crippen molar-refractivity contribution in [3.05, 3.63) is 83.1 Å². The topological polar surface area (TPSA) is 63.2 Å². The monoisotopic (exact) mass is 381 g/mol. The Morgan fingerprint density at radius 1 is 1.07 bits per heavy atom. The first kappa shape index (κ1) is 18.7. The van der Waals surface area contributed by atoms with E-state index in [4.69, 9.17) is 16.3 Å². The molecule has 5 nitrogen and oxygen atoms in total. The van der Waals surface area contributed by atoms with Gasteiger partial charge in [-0.15, -0.1) is 0 Å². The molecule has 0 aliphatic heterocycles. The molecule has 138 valence electrons. The Labute approximate surface area is 163 Å². The molecule has 0 saturated heterocycles. The number of rotatable bonds is 7. The zero-order valence-electron chi connectivity index (χ0n) is 14.9. The van der Waals surface area contributed by atoms with Crippen LogP contribution in [-0.2, 0) is 6.42 Å². The van der Waals surface area contributed by atoms with Crippen LogP contribution in [0.2, 0.25) is 5.02 Å². The molecule has 0 fully saturated rings. The zero-order valence-corrected chi connectivity index (χ0v) is 15.7. The number of methoxy groups -OCH3 is 1. The van der Waals surface area contributed by atoms with E-state index in [-0.39, 0.29) is 5.91 Å². The third-order valence-corrected chi connectivity index (χ3v) is 4.26. The minimum absolute atomic E-state index is 0.169. The summed E-state index contributed by atoms with van der Waals surface area (Å²) in [6.07, 6.45) is 3.90. The van der Waals surface area contributed by atoms with Crippen LogP contribution in [0.1, 0.15) is 15.9 Å². The Kier molecular flexibility index (Phi) is 6.28. The van der Waals surface area contributed by atoms with E-state index in [0.29, 0.717) is 23.6 Å². The molecule has 27 heavy (non-hydrogen) atoms. The molecule has 0 saturated carbocycles. The first-order valence-electron chi connectivity index (χ1n) is 8.53. The third kappa shape index (κ3) is 5.21. The first-order valence-corrected chi connectivity index (χ1v) is 8.91. The van der Waals surface area contributed by atoms with Crippen LogP contribution in [0.15, 0.2) is 67.0 Å². The highest BCUT2D eigenvalue weighted by atomic mass is 35.5. The SMILES string of the molecule is COc1ccccc1CCNC(=O)c1cncc(Nc2ccc(Cl)cc2)c1. The van der Waals surface area contributed by atoms with Crippen LogP contribution in [0.5, 0.6) is 5.75 Å². The molecular weight excluding hydrogens is 362 g/mol. The molecule has 0 radical (unpaired) electrons. The van der Waals surface area contributed by atoms with E-state index >= 15 is 0 Å². The van der Waals surface area contributed by atoms with Crippen LogP contribution in [0.4, 0.5) is 11.4 Å². The number of carbonyl (C=O) groups excluding carboxylic acids is 1. The van der Waals surface area contributed by atoms with E-state index in [1.807, 2.05) is 36.4 Å². The number of hydrogen-bond donors (Lipinski definition) is 2. The molecule has 0 aliphatic rings. The van der Waals surface area contributed by atoms with Gasteiger partial charge in [0, 0.05) is 23.5 Å². The van der Waals surface area contributed by atoms with E-state index in [2.05, 4.69) is 15.6 Å². The number of pyridine rings is 1. The Balaban J connectivity index is 1.59. The Morgan fingerprint density at radius 3 is 2.63 bits per heavy atom. The molecule has 2 aromatic carbocycles. The van der Waals surface area contributed by atoms with Gasteiger partial charge in [-0.05, 0) is 48.4 Å². The number of nitrogens with one attached hydrogen (secondary N) is 2. The first-order chi connectivity index (χ1) is 13.2. The number of ether oxygens (including phenoxy) is 1. The number of hydrogen-bond acceptors (Lipinski definition) is 4. The van der Waals surface area contributed by atoms with Crippen molar-refractivity contribution in [1.29, 1.82) is 0 Å². The smallest absolute Gasteiger partial charge is 0.252 e. The predicted molar refractivity (Wildman–Crippen MR) is 108 cm³/mol. The van der Waals surface area contributed by atoms with Crippen LogP contribution in [0.25, 0.3) is 0 Å². The van der Waals surface area contributed by atoms with Gasteiger partial charge in [0.1, 0.15) is 5.75 Å². The second kappa shape index (κ2) is 9.05. The van der Waals surface area contributed by atoms with Gasteiger partial charge in [0.25, 0.3) is 5.91 Å². The fourth-order valence-electron chi connectivity index (χ4n) is 2.65. The van der Waals surface area contributed by atoms with Gasteiger partial charge in [0.15, 0.2) is 0 Å². The van der Waals surface area contributed by atoms with Crippen LogP contribution >= 0.6 is 11.6 Å². The molecular formula is C21H20ClN3O2. The molecule has 1 aromatic heterocycles. The van der Waals surface area contributed by atoms with E-state index in [0.717, 1.165) is 22.7 Å². The maximum atomic E-state index is 12.4. The van der Waals surface area contributed by atoms with Crippen molar-refractivity contribution in [3.63, 3.8) is 0 Å². The van der Waals surface area contributed by atoms with E-state index in [9.17, 15) is 4.79 Å². The van der Waals surface area contributed by atoms with Crippen LogP contribution < -0.4 is 15.4 Å². The van der Waals surface area contributed by atoms with E-state index in [1.165, 1.54) is 0 Å². The Morgan fingerprint density at radius 2 is 1.85 bits per heavy atom. The Hall–Kier alpha value is -3.05. The lowest BCUT2D eigenvalue weighted by Gasteiger charge is -2.10. The van der Waals surface area contributed by atoms with Crippen molar-refractivity contribution < 1.29 is 9.53 Å². The molecule has 1 heterocycles. The minimum atomic E-state index is -0.169. The quantitative estimate of drug-likeness (QED) is 0.634. The fraction of sp³-hybridized carbons (Fsp3) is 0.143. The average molecular weight is 382 g/mol. The molecule has 1 amide bonds. The summed E-state index contributed by atoms with van der Waals surface area (Å²) in [4.78, 5) is 16.6. The summed E-state index contributed by atoms with van der Waals surface area (Å²) in [7, 11) is 1.64. The maximum Gasteiger partial charge on any atom is 0.252 e. The molecule has 0 spiro atoms. The molecule has 6 heteroatoms. The number of benzene rings is 2. The molecule has 3 rings (SSSR count). The zero-order chi connectivity index (χ0) is 19.1. The molecule has 0 unspecified atom stereocenters. The van der Waals surface area contributed by atoms with Gasteiger partial charge in [-0.1, -0.05) is 29.8 Å². The van der Waals surface area contributed by atoms with Crippen molar-refractivity contribution in [2.45, 2.75) is 6.42 Å². The van der Waals surface area contributed by atoms with Gasteiger partial charge in [0.2, 0.25) is 0 Å². The van der Waals surface area contributed by atoms with E-state index in [1.54, 1.807) is 37.7 Å². The summed E-state index contributed by atoms with van der Waals surface area (Å²) in [5, 5.41) is 6.79. The molecule has 0 bridgehead atoms. The molecule has 0 aliphatic carbocycles. The van der Waals surface area contributed by atoms with Crippen molar-refractivity contribution in [2.75, 3.05) is 19.0 Å². The predicted octanol–water partition coefficient (Wildman–Crippen LogP) is 4.46. The highest BCUT2D eigenvalue weighted by molar-refractivity contribution is 6.30. The second-order valence-corrected chi connectivity index (χ2v) is 6.35. The van der Waals surface area contributed by atoms with Crippen molar-refractivity contribution in [3.8, 4) is 5.75 Å². The van der Waals surface area contributed by atoms with Gasteiger partial charge in [-0.3, -0.25) is 9.78 Å². The second-order valence-electron chi connectivity index (χ2n) is 5.91. The number of nitrogens with zero attached hydrogens (tertiary/aromatic N) is 1. The summed E-state index contributed by atoms with van der Waals surface area (Å²) in [5.41, 5.74) is 3.15. The number of carbonyl (C=O) groups is 1. The van der Waals surface area contributed by atoms with Crippen LogP contribution in [-0.4, -0.2) is 24.5 Å². The maximum absolute atomic E-state index is 12.4. The lowest BCUT2D eigenvalue weighted by molar-refractivity contribution is 0.0953.